The van der Waals surface area contributed by atoms with Crippen molar-refractivity contribution < 1.29 is 9.50 Å². The summed E-state index contributed by atoms with van der Waals surface area (Å²) in [6, 6.07) is 6.28. The molecule has 1 N–H and O–H groups in total. The predicted molar refractivity (Wildman–Crippen MR) is 102 cm³/mol. The number of benzene rings is 1. The Kier molecular flexibility index (Phi) is 5.41. The first-order valence-electron chi connectivity index (χ1n) is 8.47. The Morgan fingerprint density at radius 3 is 2.32 bits per heavy atom. The van der Waals surface area contributed by atoms with Crippen molar-refractivity contribution in [1.82, 2.24) is 4.57 Å². The molecule has 2 nitrogen and oxygen atoms in total. The first kappa shape index (κ1) is 19.0. The van der Waals surface area contributed by atoms with Gasteiger partial charge in [-0.05, 0) is 42.9 Å². The minimum Gasteiger partial charge on any atom is -0.384 e. The van der Waals surface area contributed by atoms with E-state index in [1.54, 1.807) is 12.1 Å². The number of alkyl halides is 3. The van der Waals surface area contributed by atoms with Crippen molar-refractivity contribution in [3.8, 4) is 11.1 Å². The monoisotopic (exact) mass is 403 g/mol. The molecule has 2 heterocycles. The highest BCUT2D eigenvalue weighted by Crippen LogP contribution is 2.48. The van der Waals surface area contributed by atoms with E-state index in [9.17, 15) is 9.50 Å². The van der Waals surface area contributed by atoms with Crippen LogP contribution in [0.2, 0.25) is 0 Å². The van der Waals surface area contributed by atoms with Crippen LogP contribution in [0.15, 0.2) is 24.3 Å². The van der Waals surface area contributed by atoms with E-state index in [2.05, 4.69) is 18.4 Å². The van der Waals surface area contributed by atoms with Gasteiger partial charge in [-0.15, -0.1) is 0 Å². The second kappa shape index (κ2) is 7.11. The number of aliphatic hydroxyl groups is 1. The predicted octanol–water partition coefficient (Wildman–Crippen LogP) is 6.16. The van der Waals surface area contributed by atoms with Crippen LogP contribution in [-0.2, 0) is 13.0 Å². The van der Waals surface area contributed by atoms with Crippen LogP contribution >= 0.6 is 34.8 Å². The van der Waals surface area contributed by atoms with Crippen LogP contribution in [0.4, 0.5) is 4.39 Å². The van der Waals surface area contributed by atoms with Crippen molar-refractivity contribution in [2.45, 2.75) is 55.5 Å². The summed E-state index contributed by atoms with van der Waals surface area (Å²) >= 11 is 18.2. The number of halogens is 4. The number of aliphatic hydroxyl groups excluding tert-OH is 1. The zero-order valence-electron chi connectivity index (χ0n) is 14.2. The van der Waals surface area contributed by atoms with Crippen LogP contribution in [0.3, 0.4) is 0 Å². The molecule has 0 saturated carbocycles. The van der Waals surface area contributed by atoms with Crippen molar-refractivity contribution in [1.29, 1.82) is 0 Å². The highest BCUT2D eigenvalue weighted by molar-refractivity contribution is 6.68. The molecule has 6 heteroatoms. The molecule has 3 rings (SSSR count). The Bertz CT molecular complexity index is 762. The summed E-state index contributed by atoms with van der Waals surface area (Å²) < 4.78 is 13.8. The molecule has 0 bridgehead atoms. The van der Waals surface area contributed by atoms with Crippen molar-refractivity contribution in [2.24, 2.45) is 0 Å². The highest BCUT2D eigenvalue weighted by atomic mass is 35.6. The maximum Gasteiger partial charge on any atom is 0.220 e. The van der Waals surface area contributed by atoms with Crippen LogP contribution in [0.5, 0.6) is 0 Å². The van der Waals surface area contributed by atoms with Crippen molar-refractivity contribution >= 4 is 34.8 Å². The number of rotatable bonds is 3. The summed E-state index contributed by atoms with van der Waals surface area (Å²) in [5.41, 5.74) is 4.49. The normalized spacial score (nSPS) is 16.2. The van der Waals surface area contributed by atoms with Gasteiger partial charge < -0.3 is 9.67 Å². The van der Waals surface area contributed by atoms with Gasteiger partial charge >= 0.3 is 0 Å². The number of nitrogens with zero attached hydrogens (tertiary/aromatic N) is 1. The molecule has 1 aromatic heterocycles. The molecule has 0 fully saturated rings. The van der Waals surface area contributed by atoms with E-state index < -0.39 is 9.90 Å². The number of aromatic nitrogens is 1. The van der Waals surface area contributed by atoms with Gasteiger partial charge in [0.05, 0.1) is 0 Å². The summed E-state index contributed by atoms with van der Waals surface area (Å²) in [6.07, 6.45) is 1.78. The molecule has 136 valence electrons. The Hall–Kier alpha value is -0.740. The molecule has 1 aliphatic rings. The largest absolute Gasteiger partial charge is 0.384 e. The van der Waals surface area contributed by atoms with Gasteiger partial charge in [0.1, 0.15) is 11.9 Å². The summed E-state index contributed by atoms with van der Waals surface area (Å²) in [7, 11) is 0. The lowest BCUT2D eigenvalue weighted by Gasteiger charge is -2.24. The van der Waals surface area contributed by atoms with Crippen molar-refractivity contribution in [2.75, 3.05) is 0 Å². The molecule has 1 atom stereocenters. The second-order valence-corrected chi connectivity index (χ2v) is 9.20. The third-order valence-corrected chi connectivity index (χ3v) is 5.38. The zero-order chi connectivity index (χ0) is 18.4. The van der Waals surface area contributed by atoms with Crippen LogP contribution in [-0.4, -0.2) is 13.5 Å². The standard InChI is InChI=1S/C19H21Cl3FNO/c1-11(2)17-16(18(25)19(20,21)22)15(12-6-8-13(23)9-7-12)14-5-3-4-10-24(14)17/h6-9,11,18,25H,3-5,10H2,1-2H3. The summed E-state index contributed by atoms with van der Waals surface area (Å²) in [4.78, 5) is 0. The van der Waals surface area contributed by atoms with E-state index in [1.807, 2.05) is 0 Å². The lowest BCUT2D eigenvalue weighted by Crippen LogP contribution is -2.19. The summed E-state index contributed by atoms with van der Waals surface area (Å²) in [6.45, 7) is 5.02. The quantitative estimate of drug-likeness (QED) is 0.609. The maximum atomic E-state index is 13.4. The smallest absolute Gasteiger partial charge is 0.220 e. The van der Waals surface area contributed by atoms with Gasteiger partial charge in [-0.1, -0.05) is 60.8 Å². The molecule has 1 aliphatic heterocycles. The topological polar surface area (TPSA) is 25.2 Å². The molecule has 1 aromatic carbocycles. The number of hydrogen-bond donors (Lipinski definition) is 1. The van der Waals surface area contributed by atoms with Gasteiger partial charge in [0.15, 0.2) is 0 Å². The van der Waals surface area contributed by atoms with Gasteiger partial charge in [-0.2, -0.15) is 0 Å². The maximum absolute atomic E-state index is 13.4. The SMILES string of the molecule is CC(C)c1c(C(O)C(Cl)(Cl)Cl)c(-c2ccc(F)cc2)c2n1CCCC2. The minimum atomic E-state index is -1.84. The van der Waals surface area contributed by atoms with E-state index >= 15 is 0 Å². The molecule has 0 saturated heterocycles. The molecule has 0 aliphatic carbocycles. The van der Waals surface area contributed by atoms with E-state index in [-0.39, 0.29) is 11.7 Å². The van der Waals surface area contributed by atoms with Crippen LogP contribution in [0, 0.1) is 5.82 Å². The lowest BCUT2D eigenvalue weighted by atomic mass is 9.93. The first-order chi connectivity index (χ1) is 11.7. The molecule has 25 heavy (non-hydrogen) atoms. The van der Waals surface area contributed by atoms with Crippen molar-refractivity contribution in [3.05, 3.63) is 47.0 Å². The van der Waals surface area contributed by atoms with Gasteiger partial charge in [0.25, 0.3) is 0 Å². The zero-order valence-corrected chi connectivity index (χ0v) is 16.5. The molecule has 0 spiro atoms. The Morgan fingerprint density at radius 2 is 1.76 bits per heavy atom. The average Bonchev–Trinajstić information content (AvgIpc) is 2.89. The fourth-order valence-electron chi connectivity index (χ4n) is 3.79. The number of hydrogen-bond acceptors (Lipinski definition) is 1. The molecular weight excluding hydrogens is 384 g/mol. The molecular formula is C19H21Cl3FNO. The van der Waals surface area contributed by atoms with Gasteiger partial charge in [0, 0.05) is 29.1 Å². The Morgan fingerprint density at radius 1 is 1.12 bits per heavy atom. The highest BCUT2D eigenvalue weighted by Gasteiger charge is 2.39. The minimum absolute atomic E-state index is 0.156. The van der Waals surface area contributed by atoms with E-state index in [1.165, 1.54) is 12.1 Å². The van der Waals surface area contributed by atoms with E-state index in [0.717, 1.165) is 48.3 Å². The van der Waals surface area contributed by atoms with Crippen molar-refractivity contribution in [3.63, 3.8) is 0 Å². The average molecular weight is 405 g/mol. The first-order valence-corrected chi connectivity index (χ1v) is 9.61. The summed E-state index contributed by atoms with van der Waals surface area (Å²) in [5, 5.41) is 10.8. The van der Waals surface area contributed by atoms with E-state index in [4.69, 9.17) is 34.8 Å². The molecule has 2 aromatic rings. The molecule has 1 unspecified atom stereocenters. The van der Waals surface area contributed by atoms with Gasteiger partial charge in [-0.25, -0.2) is 4.39 Å². The van der Waals surface area contributed by atoms with E-state index in [0.29, 0.717) is 5.56 Å². The third kappa shape index (κ3) is 3.57. The fourth-order valence-corrected chi connectivity index (χ4v) is 4.12. The van der Waals surface area contributed by atoms with Crippen LogP contribution in [0.1, 0.15) is 55.7 Å². The number of fused-ring (bicyclic) bond motifs is 1. The molecule has 0 amide bonds. The lowest BCUT2D eigenvalue weighted by molar-refractivity contribution is 0.181. The molecule has 0 radical (unpaired) electrons. The van der Waals surface area contributed by atoms with Gasteiger partial charge in [0.2, 0.25) is 3.79 Å². The fraction of sp³-hybridized carbons (Fsp3) is 0.474. The Labute approximate surface area is 162 Å². The van der Waals surface area contributed by atoms with Gasteiger partial charge in [-0.3, -0.25) is 0 Å². The summed E-state index contributed by atoms with van der Waals surface area (Å²) in [5.74, 6) is -0.146. The van der Waals surface area contributed by atoms with Crippen LogP contribution in [0.25, 0.3) is 11.1 Å². The second-order valence-electron chi connectivity index (χ2n) is 6.84. The van der Waals surface area contributed by atoms with Crippen LogP contribution < -0.4 is 0 Å². The Balaban J connectivity index is 2.33. The third-order valence-electron chi connectivity index (χ3n) is 4.76.